The first-order valence-electron chi connectivity index (χ1n) is 7.61. The number of nitrogens with zero attached hydrogens (tertiary/aromatic N) is 1. The average molecular weight is 342 g/mol. The van der Waals surface area contributed by atoms with Crippen LogP contribution < -0.4 is 5.32 Å². The van der Waals surface area contributed by atoms with Crippen molar-refractivity contribution in [2.24, 2.45) is 0 Å². The normalized spacial score (nSPS) is 13.6. The average Bonchev–Trinajstić information content (AvgIpc) is 3.08. The molecule has 2 aromatic heterocycles. The van der Waals surface area contributed by atoms with Crippen molar-refractivity contribution in [2.75, 3.05) is 6.61 Å². The number of fused-ring (bicyclic) bond motifs is 1. The quantitative estimate of drug-likeness (QED) is 0.675. The molecule has 2 atom stereocenters. The molecule has 0 spiro atoms. The van der Waals surface area contributed by atoms with Crippen LogP contribution in [0, 0.1) is 0 Å². The Morgan fingerprint density at radius 1 is 1.38 bits per heavy atom. The fourth-order valence-corrected chi connectivity index (χ4v) is 3.10. The van der Waals surface area contributed by atoms with Crippen molar-refractivity contribution in [3.05, 3.63) is 65.3 Å². The molecule has 0 radical (unpaired) electrons. The lowest BCUT2D eigenvalue weighted by Gasteiger charge is -2.18. The Balaban J connectivity index is 1.53. The second-order valence-corrected chi connectivity index (χ2v) is 6.37. The Morgan fingerprint density at radius 3 is 3.04 bits per heavy atom. The molecule has 24 heavy (non-hydrogen) atoms. The van der Waals surface area contributed by atoms with Gasteiger partial charge in [-0.3, -0.25) is 9.78 Å². The van der Waals surface area contributed by atoms with Gasteiger partial charge in [0.2, 0.25) is 0 Å². The number of hydrogen-bond donors (Lipinski definition) is 2. The fraction of sp³-hybridized carbons (Fsp3) is 0.222. The van der Waals surface area contributed by atoms with E-state index < -0.39 is 12.3 Å². The molecule has 124 valence electrons. The molecule has 3 aromatic rings. The summed E-state index contributed by atoms with van der Waals surface area (Å²) in [5.41, 5.74) is 1.27. The van der Waals surface area contributed by atoms with E-state index in [1.165, 1.54) is 10.9 Å². The molecule has 0 saturated carbocycles. The van der Waals surface area contributed by atoms with Gasteiger partial charge in [-0.25, -0.2) is 0 Å². The summed E-state index contributed by atoms with van der Waals surface area (Å²) in [7, 11) is 0. The third kappa shape index (κ3) is 3.97. The molecule has 0 unspecified atom stereocenters. The van der Waals surface area contributed by atoms with Crippen molar-refractivity contribution in [3.8, 4) is 0 Å². The lowest BCUT2D eigenvalue weighted by molar-refractivity contribution is -0.0141. The number of amides is 1. The standard InChI is InChI=1S/C18H18N2O3S/c1-12(20-18(22)15-3-2-7-19-10-15)23-11-16(21)13-4-5-17-14(9-13)6-8-24-17/h2-10,12,16,21H,11H2,1H3,(H,20,22)/t12-,16-/m0/s1. The van der Waals surface area contributed by atoms with Gasteiger partial charge in [-0.1, -0.05) is 6.07 Å². The largest absolute Gasteiger partial charge is 0.386 e. The number of aliphatic hydroxyl groups is 1. The van der Waals surface area contributed by atoms with Gasteiger partial charge in [0.05, 0.1) is 12.2 Å². The molecule has 0 saturated heterocycles. The molecule has 0 aliphatic heterocycles. The first-order valence-corrected chi connectivity index (χ1v) is 8.49. The maximum absolute atomic E-state index is 12.0. The molecule has 1 amide bonds. The Morgan fingerprint density at radius 2 is 2.25 bits per heavy atom. The van der Waals surface area contributed by atoms with Gasteiger partial charge in [-0.2, -0.15) is 0 Å². The first kappa shape index (κ1) is 16.6. The van der Waals surface area contributed by atoms with Crippen LogP contribution in [0.3, 0.4) is 0 Å². The number of ether oxygens (including phenoxy) is 1. The zero-order valence-electron chi connectivity index (χ0n) is 13.2. The van der Waals surface area contributed by atoms with Gasteiger partial charge in [0.15, 0.2) is 0 Å². The number of benzene rings is 1. The predicted octanol–water partition coefficient (Wildman–Crippen LogP) is 3.12. The number of nitrogens with one attached hydrogen (secondary N) is 1. The number of rotatable bonds is 6. The van der Waals surface area contributed by atoms with Crippen LogP contribution in [0.15, 0.2) is 54.2 Å². The van der Waals surface area contributed by atoms with E-state index >= 15 is 0 Å². The summed E-state index contributed by atoms with van der Waals surface area (Å²) in [5, 5.41) is 16.1. The number of aliphatic hydroxyl groups excluding tert-OH is 1. The van der Waals surface area contributed by atoms with Gasteiger partial charge in [-0.05, 0) is 53.6 Å². The Kier molecular flexibility index (Phi) is 5.20. The summed E-state index contributed by atoms with van der Waals surface area (Å²) in [6.07, 6.45) is 1.84. The topological polar surface area (TPSA) is 71.5 Å². The maximum atomic E-state index is 12.0. The molecule has 2 N–H and O–H groups in total. The van der Waals surface area contributed by atoms with Crippen LogP contribution >= 0.6 is 11.3 Å². The summed E-state index contributed by atoms with van der Waals surface area (Å²) < 4.78 is 6.73. The van der Waals surface area contributed by atoms with Crippen LogP contribution in [0.25, 0.3) is 10.1 Å². The van der Waals surface area contributed by atoms with Crippen LogP contribution in [0.4, 0.5) is 0 Å². The minimum absolute atomic E-state index is 0.101. The predicted molar refractivity (Wildman–Crippen MR) is 93.9 cm³/mol. The van der Waals surface area contributed by atoms with Crippen molar-refractivity contribution in [2.45, 2.75) is 19.3 Å². The van der Waals surface area contributed by atoms with Crippen molar-refractivity contribution < 1.29 is 14.6 Å². The van der Waals surface area contributed by atoms with E-state index in [1.807, 2.05) is 29.6 Å². The minimum atomic E-state index is -0.743. The van der Waals surface area contributed by atoms with Crippen LogP contribution in [-0.4, -0.2) is 28.8 Å². The Bertz CT molecular complexity index is 819. The van der Waals surface area contributed by atoms with Crippen molar-refractivity contribution in [1.82, 2.24) is 10.3 Å². The first-order chi connectivity index (χ1) is 11.6. The number of carbonyl (C=O) groups is 1. The zero-order chi connectivity index (χ0) is 16.9. The van der Waals surface area contributed by atoms with E-state index in [1.54, 1.807) is 36.6 Å². The fourth-order valence-electron chi connectivity index (χ4n) is 2.33. The summed E-state index contributed by atoms with van der Waals surface area (Å²) >= 11 is 1.67. The Hall–Kier alpha value is -2.28. The maximum Gasteiger partial charge on any atom is 0.254 e. The van der Waals surface area contributed by atoms with E-state index in [-0.39, 0.29) is 12.5 Å². The van der Waals surface area contributed by atoms with E-state index in [9.17, 15) is 9.90 Å². The molecule has 5 nitrogen and oxygen atoms in total. The van der Waals surface area contributed by atoms with E-state index in [0.29, 0.717) is 5.56 Å². The number of thiophene rings is 1. The highest BCUT2D eigenvalue weighted by molar-refractivity contribution is 7.17. The highest BCUT2D eigenvalue weighted by Gasteiger charge is 2.14. The van der Waals surface area contributed by atoms with Crippen LogP contribution in [-0.2, 0) is 4.74 Å². The molecule has 3 rings (SSSR count). The number of carbonyl (C=O) groups excluding carboxylic acids is 1. The minimum Gasteiger partial charge on any atom is -0.386 e. The van der Waals surface area contributed by atoms with Crippen LogP contribution in [0.5, 0.6) is 0 Å². The van der Waals surface area contributed by atoms with E-state index in [2.05, 4.69) is 10.3 Å². The molecule has 0 bridgehead atoms. The summed E-state index contributed by atoms with van der Waals surface area (Å²) in [6, 6.07) is 11.2. The van der Waals surface area contributed by atoms with Gasteiger partial charge in [0.1, 0.15) is 12.3 Å². The van der Waals surface area contributed by atoms with Gasteiger partial charge in [0.25, 0.3) is 5.91 Å². The zero-order valence-corrected chi connectivity index (χ0v) is 14.0. The number of pyridine rings is 1. The highest BCUT2D eigenvalue weighted by Crippen LogP contribution is 2.24. The smallest absolute Gasteiger partial charge is 0.254 e. The molecular weight excluding hydrogens is 324 g/mol. The van der Waals surface area contributed by atoms with Gasteiger partial charge < -0.3 is 15.2 Å². The second kappa shape index (κ2) is 7.53. The van der Waals surface area contributed by atoms with Gasteiger partial charge in [-0.15, -0.1) is 11.3 Å². The third-order valence-corrected chi connectivity index (χ3v) is 4.52. The van der Waals surface area contributed by atoms with Crippen molar-refractivity contribution in [1.29, 1.82) is 0 Å². The van der Waals surface area contributed by atoms with Gasteiger partial charge in [0, 0.05) is 17.1 Å². The van der Waals surface area contributed by atoms with Crippen LogP contribution in [0.1, 0.15) is 28.9 Å². The summed E-state index contributed by atoms with van der Waals surface area (Å²) in [4.78, 5) is 15.9. The monoisotopic (exact) mass is 342 g/mol. The van der Waals surface area contributed by atoms with E-state index in [0.717, 1.165) is 10.9 Å². The van der Waals surface area contributed by atoms with Gasteiger partial charge >= 0.3 is 0 Å². The molecule has 1 aromatic carbocycles. The van der Waals surface area contributed by atoms with E-state index in [4.69, 9.17) is 4.74 Å². The highest BCUT2D eigenvalue weighted by atomic mass is 32.1. The molecule has 0 aliphatic carbocycles. The molecule has 2 heterocycles. The molecule has 0 fully saturated rings. The number of aromatic nitrogens is 1. The van der Waals surface area contributed by atoms with Crippen LogP contribution in [0.2, 0.25) is 0 Å². The lowest BCUT2D eigenvalue weighted by Crippen LogP contribution is -2.35. The molecular formula is C18H18N2O3S. The SMILES string of the molecule is C[C@@H](NC(=O)c1cccnc1)OC[C@H](O)c1ccc2sccc2c1. The second-order valence-electron chi connectivity index (χ2n) is 5.42. The molecule has 0 aliphatic rings. The van der Waals surface area contributed by atoms with Crippen molar-refractivity contribution >= 4 is 27.3 Å². The van der Waals surface area contributed by atoms with Crippen molar-refractivity contribution in [3.63, 3.8) is 0 Å². The summed E-state index contributed by atoms with van der Waals surface area (Å²) in [6.45, 7) is 1.83. The lowest BCUT2D eigenvalue weighted by atomic mass is 10.1. The Labute approximate surface area is 143 Å². The molecule has 6 heteroatoms. The number of hydrogen-bond acceptors (Lipinski definition) is 5. The third-order valence-electron chi connectivity index (χ3n) is 3.62. The summed E-state index contributed by atoms with van der Waals surface area (Å²) in [5.74, 6) is -0.259.